The van der Waals surface area contributed by atoms with E-state index in [1.165, 1.54) is 5.56 Å². The van der Waals surface area contributed by atoms with Crippen molar-refractivity contribution in [3.05, 3.63) is 69.2 Å². The second-order valence-corrected chi connectivity index (χ2v) is 7.32. The lowest BCUT2D eigenvalue weighted by Gasteiger charge is -2.31. The van der Waals surface area contributed by atoms with Crippen LogP contribution in [-0.2, 0) is 4.74 Å². The first kappa shape index (κ1) is 19.2. The first-order valence-electron chi connectivity index (χ1n) is 8.65. The second-order valence-electron chi connectivity index (χ2n) is 6.47. The van der Waals surface area contributed by atoms with Gasteiger partial charge in [0.1, 0.15) is 0 Å². The van der Waals surface area contributed by atoms with Gasteiger partial charge in [0.25, 0.3) is 5.91 Å². The zero-order valence-electron chi connectivity index (χ0n) is 14.7. The van der Waals surface area contributed by atoms with Gasteiger partial charge in [-0.15, -0.1) is 0 Å². The predicted molar refractivity (Wildman–Crippen MR) is 105 cm³/mol. The third kappa shape index (κ3) is 4.98. The van der Waals surface area contributed by atoms with Crippen LogP contribution in [0, 0.1) is 6.92 Å². The SMILES string of the molecule is Cc1ccc(C(CN2CCOCC2)NC(=O)c2ccc(Cl)cc2Cl)cc1. The molecular formula is C20H22Cl2N2O2. The standard InChI is InChI=1S/C20H22Cl2N2O2/c1-14-2-4-15(5-3-14)19(13-24-8-10-26-11-9-24)23-20(25)17-7-6-16(21)12-18(17)22/h2-7,12,19H,8-11,13H2,1H3,(H,23,25). The average Bonchev–Trinajstić information content (AvgIpc) is 2.62. The fourth-order valence-electron chi connectivity index (χ4n) is 2.98. The number of morpholine rings is 1. The van der Waals surface area contributed by atoms with Gasteiger partial charge in [-0.2, -0.15) is 0 Å². The molecule has 1 N–H and O–H groups in total. The van der Waals surface area contributed by atoms with Crippen LogP contribution < -0.4 is 5.32 Å². The number of hydrogen-bond acceptors (Lipinski definition) is 3. The minimum absolute atomic E-state index is 0.132. The molecule has 138 valence electrons. The maximum Gasteiger partial charge on any atom is 0.253 e. The van der Waals surface area contributed by atoms with Gasteiger partial charge in [0, 0.05) is 24.7 Å². The Hall–Kier alpha value is -1.59. The van der Waals surface area contributed by atoms with E-state index < -0.39 is 0 Å². The number of rotatable bonds is 5. The molecule has 3 rings (SSSR count). The molecule has 1 fully saturated rings. The molecule has 1 amide bonds. The molecule has 0 spiro atoms. The van der Waals surface area contributed by atoms with Gasteiger partial charge >= 0.3 is 0 Å². The molecule has 0 bridgehead atoms. The highest BCUT2D eigenvalue weighted by molar-refractivity contribution is 6.36. The summed E-state index contributed by atoms with van der Waals surface area (Å²) in [7, 11) is 0. The van der Waals surface area contributed by atoms with Gasteiger partial charge in [0.15, 0.2) is 0 Å². The number of halogens is 2. The van der Waals surface area contributed by atoms with Crippen LogP contribution in [0.15, 0.2) is 42.5 Å². The van der Waals surface area contributed by atoms with Crippen LogP contribution in [0.4, 0.5) is 0 Å². The Morgan fingerprint density at radius 1 is 1.15 bits per heavy atom. The molecule has 1 atom stereocenters. The molecular weight excluding hydrogens is 371 g/mol. The van der Waals surface area contributed by atoms with Gasteiger partial charge in [-0.05, 0) is 30.7 Å². The molecule has 26 heavy (non-hydrogen) atoms. The van der Waals surface area contributed by atoms with E-state index in [9.17, 15) is 4.79 Å². The van der Waals surface area contributed by atoms with Crippen LogP contribution >= 0.6 is 23.2 Å². The summed E-state index contributed by atoms with van der Waals surface area (Å²) in [5, 5.41) is 3.99. The Balaban J connectivity index is 1.79. The number of benzene rings is 2. The molecule has 1 unspecified atom stereocenters. The minimum atomic E-state index is -0.203. The number of nitrogens with zero attached hydrogens (tertiary/aromatic N) is 1. The third-order valence-corrected chi connectivity index (χ3v) is 5.05. The van der Waals surface area contributed by atoms with E-state index in [1.807, 2.05) is 6.92 Å². The van der Waals surface area contributed by atoms with Crippen molar-refractivity contribution in [2.45, 2.75) is 13.0 Å². The van der Waals surface area contributed by atoms with Crippen LogP contribution in [0.25, 0.3) is 0 Å². The van der Waals surface area contributed by atoms with Gasteiger partial charge in [-0.25, -0.2) is 0 Å². The van der Waals surface area contributed by atoms with Crippen LogP contribution in [0.3, 0.4) is 0 Å². The molecule has 1 heterocycles. The minimum Gasteiger partial charge on any atom is -0.379 e. The lowest BCUT2D eigenvalue weighted by molar-refractivity contribution is 0.0332. The maximum absolute atomic E-state index is 12.8. The normalized spacial score (nSPS) is 16.3. The molecule has 0 aromatic heterocycles. The summed E-state index contributed by atoms with van der Waals surface area (Å²) in [5.41, 5.74) is 2.68. The molecule has 0 saturated carbocycles. The highest BCUT2D eigenvalue weighted by Gasteiger charge is 2.21. The number of hydrogen-bond donors (Lipinski definition) is 1. The molecule has 6 heteroatoms. The lowest BCUT2D eigenvalue weighted by atomic mass is 10.0. The Kier molecular flexibility index (Phi) is 6.54. The van der Waals surface area contributed by atoms with Crippen molar-refractivity contribution in [2.24, 2.45) is 0 Å². The van der Waals surface area contributed by atoms with E-state index in [1.54, 1.807) is 18.2 Å². The fraction of sp³-hybridized carbons (Fsp3) is 0.350. The summed E-state index contributed by atoms with van der Waals surface area (Å²) in [6.45, 7) is 5.94. The largest absolute Gasteiger partial charge is 0.379 e. The first-order valence-corrected chi connectivity index (χ1v) is 9.41. The fourth-order valence-corrected chi connectivity index (χ4v) is 3.48. The summed E-state index contributed by atoms with van der Waals surface area (Å²) in [6.07, 6.45) is 0. The molecule has 0 radical (unpaired) electrons. The summed E-state index contributed by atoms with van der Waals surface area (Å²) in [5.74, 6) is -0.203. The summed E-state index contributed by atoms with van der Waals surface area (Å²) >= 11 is 12.1. The molecule has 2 aromatic rings. The highest BCUT2D eigenvalue weighted by Crippen LogP contribution is 2.23. The van der Waals surface area contributed by atoms with Gasteiger partial charge < -0.3 is 10.1 Å². The molecule has 1 saturated heterocycles. The third-order valence-electron chi connectivity index (χ3n) is 4.51. The van der Waals surface area contributed by atoms with E-state index >= 15 is 0 Å². The van der Waals surface area contributed by atoms with E-state index in [0.29, 0.717) is 15.6 Å². The number of nitrogens with one attached hydrogen (secondary N) is 1. The van der Waals surface area contributed by atoms with Crippen molar-refractivity contribution >= 4 is 29.1 Å². The van der Waals surface area contributed by atoms with Gasteiger partial charge in [0.05, 0.1) is 29.8 Å². The predicted octanol–water partition coefficient (Wildman–Crippen LogP) is 4.11. The van der Waals surface area contributed by atoms with Gasteiger partial charge in [0.2, 0.25) is 0 Å². The number of aryl methyl sites for hydroxylation is 1. The average molecular weight is 393 g/mol. The number of carbonyl (C=O) groups is 1. The zero-order chi connectivity index (χ0) is 18.5. The van der Waals surface area contributed by atoms with Crippen molar-refractivity contribution in [2.75, 3.05) is 32.8 Å². The van der Waals surface area contributed by atoms with Crippen molar-refractivity contribution < 1.29 is 9.53 Å². The molecule has 1 aliphatic rings. The van der Waals surface area contributed by atoms with Crippen molar-refractivity contribution in [1.29, 1.82) is 0 Å². The molecule has 2 aromatic carbocycles. The van der Waals surface area contributed by atoms with E-state index in [4.69, 9.17) is 27.9 Å². The van der Waals surface area contributed by atoms with E-state index in [-0.39, 0.29) is 11.9 Å². The lowest BCUT2D eigenvalue weighted by Crippen LogP contribution is -2.43. The van der Waals surface area contributed by atoms with Crippen LogP contribution in [-0.4, -0.2) is 43.7 Å². The van der Waals surface area contributed by atoms with Crippen LogP contribution in [0.1, 0.15) is 27.5 Å². The quantitative estimate of drug-likeness (QED) is 0.832. The summed E-state index contributed by atoms with van der Waals surface area (Å²) in [6, 6.07) is 13.0. The van der Waals surface area contributed by atoms with Gasteiger partial charge in [-0.3, -0.25) is 9.69 Å². The first-order chi connectivity index (χ1) is 12.5. The van der Waals surface area contributed by atoms with Crippen molar-refractivity contribution in [3.63, 3.8) is 0 Å². The maximum atomic E-state index is 12.8. The Labute approximate surface area is 164 Å². The molecule has 1 aliphatic heterocycles. The summed E-state index contributed by atoms with van der Waals surface area (Å²) in [4.78, 5) is 15.1. The molecule has 0 aliphatic carbocycles. The Bertz CT molecular complexity index is 759. The number of amides is 1. The zero-order valence-corrected chi connectivity index (χ0v) is 16.2. The van der Waals surface area contributed by atoms with Crippen molar-refractivity contribution in [1.82, 2.24) is 10.2 Å². The Morgan fingerprint density at radius 3 is 2.50 bits per heavy atom. The smallest absolute Gasteiger partial charge is 0.253 e. The Morgan fingerprint density at radius 2 is 1.85 bits per heavy atom. The van der Waals surface area contributed by atoms with Crippen molar-refractivity contribution in [3.8, 4) is 0 Å². The topological polar surface area (TPSA) is 41.6 Å². The number of carbonyl (C=O) groups excluding carboxylic acids is 1. The number of ether oxygens (including phenoxy) is 1. The molecule has 4 nitrogen and oxygen atoms in total. The highest BCUT2D eigenvalue weighted by atomic mass is 35.5. The monoisotopic (exact) mass is 392 g/mol. The van der Waals surface area contributed by atoms with Crippen LogP contribution in [0.2, 0.25) is 10.0 Å². The van der Waals surface area contributed by atoms with E-state index in [0.717, 1.165) is 38.4 Å². The van der Waals surface area contributed by atoms with Gasteiger partial charge in [-0.1, -0.05) is 53.0 Å². The van der Waals surface area contributed by atoms with E-state index in [2.05, 4.69) is 34.5 Å². The second kappa shape index (κ2) is 8.87. The van der Waals surface area contributed by atoms with Crippen LogP contribution in [0.5, 0.6) is 0 Å². The summed E-state index contributed by atoms with van der Waals surface area (Å²) < 4.78 is 5.42.